The van der Waals surface area contributed by atoms with E-state index in [2.05, 4.69) is 18.3 Å². The minimum absolute atomic E-state index is 0.0254. The van der Waals surface area contributed by atoms with Crippen LogP contribution in [0.3, 0.4) is 0 Å². The normalized spacial score (nSPS) is 17.6. The molecule has 0 fully saturated rings. The molecule has 1 N–H and O–H groups in total. The van der Waals surface area contributed by atoms with Gasteiger partial charge in [0.25, 0.3) is 0 Å². The summed E-state index contributed by atoms with van der Waals surface area (Å²) in [6.45, 7) is 3.67. The van der Waals surface area contributed by atoms with Crippen molar-refractivity contribution in [3.63, 3.8) is 0 Å². The summed E-state index contributed by atoms with van der Waals surface area (Å²) in [5.74, 6) is 0. The zero-order valence-electron chi connectivity index (χ0n) is 7.05. The summed E-state index contributed by atoms with van der Waals surface area (Å²) in [7, 11) is 1.66. The number of nitrogens with zero attached hydrogens (tertiary/aromatic N) is 1. The van der Waals surface area contributed by atoms with Crippen LogP contribution in [0, 0.1) is 0 Å². The van der Waals surface area contributed by atoms with Crippen LogP contribution in [0.5, 0.6) is 0 Å². The number of carbonyl (C=O) groups excluding carboxylic acids is 1. The maximum Gasteiger partial charge on any atom is 0.317 e. The van der Waals surface area contributed by atoms with Gasteiger partial charge in [0.15, 0.2) is 0 Å². The molecule has 0 bridgehead atoms. The van der Waals surface area contributed by atoms with E-state index in [0.29, 0.717) is 0 Å². The molecule has 0 aliphatic carbocycles. The molecule has 0 unspecified atom stereocenters. The van der Waals surface area contributed by atoms with E-state index in [-0.39, 0.29) is 6.03 Å². The first-order valence-corrected chi connectivity index (χ1v) is 3.86. The Balaban J connectivity index is 2.50. The van der Waals surface area contributed by atoms with Crippen LogP contribution in [0.2, 0.25) is 0 Å². The van der Waals surface area contributed by atoms with Crippen molar-refractivity contribution in [2.45, 2.75) is 13.3 Å². The second-order valence-corrected chi connectivity index (χ2v) is 2.82. The Morgan fingerprint density at radius 1 is 1.73 bits per heavy atom. The van der Waals surface area contributed by atoms with Crippen LogP contribution in [0.25, 0.3) is 0 Å². The van der Waals surface area contributed by atoms with Gasteiger partial charge in [-0.15, -0.1) is 0 Å². The zero-order chi connectivity index (χ0) is 8.27. The fourth-order valence-corrected chi connectivity index (χ4v) is 1.24. The highest BCUT2D eigenvalue weighted by Crippen LogP contribution is 2.07. The Morgan fingerprint density at radius 2 is 2.45 bits per heavy atom. The molecule has 0 aromatic carbocycles. The monoisotopic (exact) mass is 154 g/mol. The van der Waals surface area contributed by atoms with Crippen LogP contribution < -0.4 is 5.32 Å². The lowest BCUT2D eigenvalue weighted by atomic mass is 10.1. The average Bonchev–Trinajstić information content (AvgIpc) is 2.03. The molecule has 1 heterocycles. The molecule has 0 radical (unpaired) electrons. The fraction of sp³-hybridized carbons (Fsp3) is 0.625. The van der Waals surface area contributed by atoms with Gasteiger partial charge in [-0.05, 0) is 13.3 Å². The predicted octanol–water partition coefficient (Wildman–Crippen LogP) is 0.978. The smallest absolute Gasteiger partial charge is 0.317 e. The zero-order valence-corrected chi connectivity index (χ0v) is 7.05. The molecule has 62 valence electrons. The third-order valence-electron chi connectivity index (χ3n) is 1.83. The molecule has 0 atom stereocenters. The quantitative estimate of drug-likeness (QED) is 0.518. The topological polar surface area (TPSA) is 32.3 Å². The number of amides is 2. The molecule has 11 heavy (non-hydrogen) atoms. The first-order chi connectivity index (χ1) is 5.24. The van der Waals surface area contributed by atoms with Gasteiger partial charge in [0.05, 0.1) is 0 Å². The van der Waals surface area contributed by atoms with E-state index in [0.717, 1.165) is 19.5 Å². The summed E-state index contributed by atoms with van der Waals surface area (Å²) in [4.78, 5) is 12.9. The van der Waals surface area contributed by atoms with Crippen LogP contribution >= 0.6 is 0 Å². The highest BCUT2D eigenvalue weighted by atomic mass is 16.2. The van der Waals surface area contributed by atoms with E-state index in [1.54, 1.807) is 7.05 Å². The Hall–Kier alpha value is -0.990. The van der Waals surface area contributed by atoms with E-state index in [4.69, 9.17) is 0 Å². The molecule has 2 amide bonds. The second kappa shape index (κ2) is 3.42. The lowest BCUT2D eigenvalue weighted by Crippen LogP contribution is -2.40. The van der Waals surface area contributed by atoms with E-state index in [1.807, 2.05) is 4.90 Å². The summed E-state index contributed by atoms with van der Waals surface area (Å²) in [6, 6.07) is 0.0254. The van der Waals surface area contributed by atoms with E-state index < -0.39 is 0 Å². The SMILES string of the molecule is CNC(=O)N1CCC=C(C)C1. The number of hydrogen-bond donors (Lipinski definition) is 1. The van der Waals surface area contributed by atoms with Crippen molar-refractivity contribution in [1.29, 1.82) is 0 Å². The van der Waals surface area contributed by atoms with Gasteiger partial charge in [0.1, 0.15) is 0 Å². The number of carbonyl (C=O) groups is 1. The summed E-state index contributed by atoms with van der Waals surface area (Å²) in [5, 5.41) is 2.62. The number of rotatable bonds is 0. The molecule has 1 rings (SSSR count). The van der Waals surface area contributed by atoms with Crippen molar-refractivity contribution in [2.75, 3.05) is 20.1 Å². The molecule has 0 aromatic rings. The maximum absolute atomic E-state index is 11.1. The number of nitrogens with one attached hydrogen (secondary N) is 1. The van der Waals surface area contributed by atoms with E-state index in [9.17, 15) is 4.79 Å². The molecule has 0 aromatic heterocycles. The van der Waals surface area contributed by atoms with Gasteiger partial charge in [-0.25, -0.2) is 4.79 Å². The molecule has 0 saturated heterocycles. The number of urea groups is 1. The Bertz CT molecular complexity index is 187. The minimum atomic E-state index is 0.0254. The Kier molecular flexibility index (Phi) is 2.52. The molecule has 3 nitrogen and oxygen atoms in total. The van der Waals surface area contributed by atoms with Crippen LogP contribution in [-0.4, -0.2) is 31.1 Å². The van der Waals surface area contributed by atoms with Gasteiger partial charge in [-0.2, -0.15) is 0 Å². The summed E-state index contributed by atoms with van der Waals surface area (Å²) < 4.78 is 0. The van der Waals surface area contributed by atoms with Crippen molar-refractivity contribution in [3.05, 3.63) is 11.6 Å². The molecule has 3 heteroatoms. The Morgan fingerprint density at radius 3 is 3.00 bits per heavy atom. The number of hydrogen-bond acceptors (Lipinski definition) is 1. The maximum atomic E-state index is 11.1. The summed E-state index contributed by atoms with van der Waals surface area (Å²) >= 11 is 0. The van der Waals surface area contributed by atoms with Crippen LogP contribution in [0.4, 0.5) is 4.79 Å². The second-order valence-electron chi connectivity index (χ2n) is 2.82. The first-order valence-electron chi connectivity index (χ1n) is 3.86. The van der Waals surface area contributed by atoms with Crippen molar-refractivity contribution < 1.29 is 4.79 Å². The van der Waals surface area contributed by atoms with Gasteiger partial charge in [0.2, 0.25) is 0 Å². The molecule has 0 saturated carbocycles. The van der Waals surface area contributed by atoms with Crippen molar-refractivity contribution in [3.8, 4) is 0 Å². The van der Waals surface area contributed by atoms with Gasteiger partial charge in [0, 0.05) is 20.1 Å². The third kappa shape index (κ3) is 1.97. The van der Waals surface area contributed by atoms with Gasteiger partial charge in [-0.3, -0.25) is 0 Å². The van der Waals surface area contributed by atoms with E-state index >= 15 is 0 Å². The molecular formula is C8H14N2O. The molecular weight excluding hydrogens is 140 g/mol. The average molecular weight is 154 g/mol. The van der Waals surface area contributed by atoms with Crippen LogP contribution in [0.1, 0.15) is 13.3 Å². The van der Waals surface area contributed by atoms with E-state index in [1.165, 1.54) is 5.57 Å². The fourth-order valence-electron chi connectivity index (χ4n) is 1.24. The van der Waals surface area contributed by atoms with Gasteiger partial charge >= 0.3 is 6.03 Å². The highest BCUT2D eigenvalue weighted by Gasteiger charge is 2.13. The van der Waals surface area contributed by atoms with Crippen molar-refractivity contribution >= 4 is 6.03 Å². The highest BCUT2D eigenvalue weighted by molar-refractivity contribution is 5.74. The minimum Gasteiger partial charge on any atom is -0.341 e. The van der Waals surface area contributed by atoms with Gasteiger partial charge < -0.3 is 10.2 Å². The first kappa shape index (κ1) is 8.11. The largest absolute Gasteiger partial charge is 0.341 e. The molecule has 1 aliphatic heterocycles. The third-order valence-corrected chi connectivity index (χ3v) is 1.83. The van der Waals surface area contributed by atoms with Crippen LogP contribution in [-0.2, 0) is 0 Å². The summed E-state index contributed by atoms with van der Waals surface area (Å²) in [6.07, 6.45) is 3.17. The summed E-state index contributed by atoms with van der Waals surface area (Å²) in [5.41, 5.74) is 1.28. The van der Waals surface area contributed by atoms with Crippen molar-refractivity contribution in [1.82, 2.24) is 10.2 Å². The lowest BCUT2D eigenvalue weighted by Gasteiger charge is -2.25. The van der Waals surface area contributed by atoms with Crippen molar-refractivity contribution in [2.24, 2.45) is 0 Å². The van der Waals surface area contributed by atoms with Gasteiger partial charge in [-0.1, -0.05) is 11.6 Å². The van der Waals surface area contributed by atoms with Crippen LogP contribution in [0.15, 0.2) is 11.6 Å². The molecule has 1 aliphatic rings. The standard InChI is InChI=1S/C8H14N2O/c1-7-4-3-5-10(6-7)8(11)9-2/h4H,3,5-6H2,1-2H3,(H,9,11). The Labute approximate surface area is 67.1 Å². The lowest BCUT2D eigenvalue weighted by molar-refractivity contribution is 0.203. The molecule has 0 spiro atoms. The predicted molar refractivity (Wildman–Crippen MR) is 44.4 cm³/mol.